The Hall–Kier alpha value is -1.76. The van der Waals surface area contributed by atoms with Gasteiger partial charge in [-0.2, -0.15) is 0 Å². The van der Waals surface area contributed by atoms with Crippen LogP contribution in [0.1, 0.15) is 40.2 Å². The number of carbonyl (C=O) groups is 2. The van der Waals surface area contributed by atoms with Gasteiger partial charge in [-0.25, -0.2) is 9.59 Å². The van der Waals surface area contributed by atoms with Crippen LogP contribution in [0.15, 0.2) is 22.7 Å². The van der Waals surface area contributed by atoms with E-state index in [1.54, 1.807) is 59.9 Å². The number of ether oxygens (including phenoxy) is 2. The van der Waals surface area contributed by atoms with Crippen LogP contribution in [0.4, 0.5) is 4.79 Å². The fraction of sp³-hybridized carbons (Fsp3) is 0.556. The summed E-state index contributed by atoms with van der Waals surface area (Å²) >= 11 is 3.41. The normalized spacial score (nSPS) is 13.1. The number of nitrogens with zero attached hydrogens (tertiary/aromatic N) is 1. The van der Waals surface area contributed by atoms with Gasteiger partial charge in [-0.1, -0.05) is 19.9 Å². The van der Waals surface area contributed by atoms with Gasteiger partial charge in [0.2, 0.25) is 0 Å². The quantitative estimate of drug-likeness (QED) is 0.784. The molecule has 1 aromatic rings. The van der Waals surface area contributed by atoms with Crippen LogP contribution in [0.3, 0.4) is 0 Å². The van der Waals surface area contributed by atoms with Crippen molar-refractivity contribution in [3.63, 3.8) is 0 Å². The summed E-state index contributed by atoms with van der Waals surface area (Å²) in [5, 5.41) is 9.77. The monoisotopic (exact) mass is 415 g/mol. The van der Waals surface area contributed by atoms with Gasteiger partial charge >= 0.3 is 12.1 Å². The number of halogens is 1. The number of benzene rings is 1. The molecule has 0 spiro atoms. The first-order valence-corrected chi connectivity index (χ1v) is 8.63. The molecule has 0 fully saturated rings. The van der Waals surface area contributed by atoms with Crippen molar-refractivity contribution in [2.75, 3.05) is 14.2 Å². The second kappa shape index (κ2) is 7.64. The second-order valence-electron chi connectivity index (χ2n) is 7.40. The number of carbonyl (C=O) groups excluding carboxylic acids is 1. The molecule has 25 heavy (non-hydrogen) atoms. The van der Waals surface area contributed by atoms with Gasteiger partial charge in [-0.05, 0) is 54.4 Å². The molecule has 1 N–H and O–H groups in total. The van der Waals surface area contributed by atoms with E-state index in [4.69, 9.17) is 9.47 Å². The lowest BCUT2D eigenvalue weighted by molar-refractivity contribution is -0.145. The first-order chi connectivity index (χ1) is 11.3. The zero-order valence-electron chi connectivity index (χ0n) is 15.7. The van der Waals surface area contributed by atoms with Crippen LogP contribution >= 0.6 is 15.9 Å². The van der Waals surface area contributed by atoms with Gasteiger partial charge in [0.25, 0.3) is 0 Å². The smallest absolute Gasteiger partial charge is 0.410 e. The third kappa shape index (κ3) is 5.11. The summed E-state index contributed by atoms with van der Waals surface area (Å²) in [6.07, 6.45) is -0.680. The van der Waals surface area contributed by atoms with Crippen LogP contribution in [-0.2, 0) is 14.9 Å². The molecule has 0 aliphatic carbocycles. The molecule has 0 heterocycles. The van der Waals surface area contributed by atoms with Crippen LogP contribution in [0, 0.1) is 0 Å². The highest BCUT2D eigenvalue weighted by Gasteiger charge is 2.43. The van der Waals surface area contributed by atoms with E-state index in [9.17, 15) is 14.7 Å². The van der Waals surface area contributed by atoms with Crippen molar-refractivity contribution in [2.24, 2.45) is 0 Å². The van der Waals surface area contributed by atoms with Crippen LogP contribution in [-0.4, -0.2) is 47.9 Å². The van der Waals surface area contributed by atoms with Gasteiger partial charge in [-0.15, -0.1) is 0 Å². The van der Waals surface area contributed by atoms with Gasteiger partial charge in [0.15, 0.2) is 0 Å². The number of aliphatic carboxylic acids is 1. The minimum absolute atomic E-state index is 0.645. The van der Waals surface area contributed by atoms with Crippen LogP contribution in [0.2, 0.25) is 0 Å². The Morgan fingerprint density at radius 2 is 1.76 bits per heavy atom. The standard InChI is InChI=1S/C18H26BrNO5/c1-17(2,3)25-16(23)20(6)14(15(21)22)18(4,5)11-8-9-13(24-7)12(19)10-11/h8-10,14H,1-7H3,(H,21,22). The van der Waals surface area contributed by atoms with Gasteiger partial charge in [0, 0.05) is 12.5 Å². The van der Waals surface area contributed by atoms with E-state index in [0.29, 0.717) is 10.2 Å². The van der Waals surface area contributed by atoms with Crippen molar-refractivity contribution >= 4 is 28.0 Å². The molecular weight excluding hydrogens is 390 g/mol. The van der Waals surface area contributed by atoms with E-state index in [2.05, 4.69) is 15.9 Å². The third-order valence-electron chi connectivity index (χ3n) is 3.88. The molecule has 140 valence electrons. The Balaban J connectivity index is 3.25. The number of amides is 1. The summed E-state index contributed by atoms with van der Waals surface area (Å²) in [5.41, 5.74) is -0.823. The zero-order chi connectivity index (χ0) is 19.6. The highest BCUT2D eigenvalue weighted by molar-refractivity contribution is 9.10. The highest BCUT2D eigenvalue weighted by Crippen LogP contribution is 2.35. The van der Waals surface area contributed by atoms with E-state index in [1.807, 2.05) is 0 Å². The lowest BCUT2D eigenvalue weighted by Crippen LogP contribution is -2.54. The maximum absolute atomic E-state index is 12.4. The molecule has 0 saturated carbocycles. The molecule has 1 atom stereocenters. The zero-order valence-corrected chi connectivity index (χ0v) is 17.3. The number of carboxylic acids is 1. The van der Waals surface area contributed by atoms with Gasteiger partial charge in [-0.3, -0.25) is 4.90 Å². The van der Waals surface area contributed by atoms with Crippen molar-refractivity contribution in [3.8, 4) is 5.75 Å². The minimum Gasteiger partial charge on any atom is -0.496 e. The van der Waals surface area contributed by atoms with Crippen molar-refractivity contribution in [3.05, 3.63) is 28.2 Å². The third-order valence-corrected chi connectivity index (χ3v) is 4.50. The molecule has 0 bridgehead atoms. The molecular formula is C18H26BrNO5. The number of hydrogen-bond acceptors (Lipinski definition) is 4. The predicted octanol–water partition coefficient (Wildman–Crippen LogP) is 4.06. The largest absolute Gasteiger partial charge is 0.496 e. The van der Waals surface area contributed by atoms with E-state index in [-0.39, 0.29) is 0 Å². The molecule has 1 aromatic carbocycles. The molecule has 0 saturated heterocycles. The molecule has 1 unspecified atom stereocenters. The number of carboxylic acid groups (broad SMARTS) is 1. The van der Waals surface area contributed by atoms with Gasteiger partial charge in [0.05, 0.1) is 11.6 Å². The Morgan fingerprint density at radius 1 is 1.20 bits per heavy atom. The molecule has 0 aliphatic heterocycles. The van der Waals surface area contributed by atoms with Crippen molar-refractivity contribution in [1.82, 2.24) is 4.90 Å². The van der Waals surface area contributed by atoms with Gasteiger partial charge in [0.1, 0.15) is 17.4 Å². The van der Waals surface area contributed by atoms with E-state index in [0.717, 1.165) is 10.5 Å². The molecule has 0 aliphatic rings. The van der Waals surface area contributed by atoms with Gasteiger partial charge < -0.3 is 14.6 Å². The second-order valence-corrected chi connectivity index (χ2v) is 8.26. The summed E-state index contributed by atoms with van der Waals surface area (Å²) < 4.78 is 11.2. The van der Waals surface area contributed by atoms with E-state index < -0.39 is 29.1 Å². The molecule has 6 nitrogen and oxygen atoms in total. The fourth-order valence-electron chi connectivity index (χ4n) is 2.62. The summed E-state index contributed by atoms with van der Waals surface area (Å²) in [6, 6.07) is 4.25. The molecule has 1 amide bonds. The average Bonchev–Trinajstić information content (AvgIpc) is 2.44. The Labute approximate surface area is 157 Å². The Bertz CT molecular complexity index is 651. The maximum atomic E-state index is 12.4. The SMILES string of the molecule is COc1ccc(C(C)(C)C(C(=O)O)N(C)C(=O)OC(C)(C)C)cc1Br. The first-order valence-electron chi connectivity index (χ1n) is 7.84. The minimum atomic E-state index is -1.11. The number of rotatable bonds is 5. The highest BCUT2D eigenvalue weighted by atomic mass is 79.9. The summed E-state index contributed by atoms with van der Waals surface area (Å²) in [6.45, 7) is 8.77. The van der Waals surface area contributed by atoms with Crippen molar-refractivity contribution < 1.29 is 24.2 Å². The lowest BCUT2D eigenvalue weighted by Gasteiger charge is -2.38. The average molecular weight is 416 g/mol. The summed E-state index contributed by atoms with van der Waals surface area (Å²) in [4.78, 5) is 25.4. The molecule has 1 rings (SSSR count). The maximum Gasteiger partial charge on any atom is 0.410 e. The summed E-state index contributed by atoms with van der Waals surface area (Å²) in [7, 11) is 2.99. The molecule has 0 radical (unpaired) electrons. The predicted molar refractivity (Wildman–Crippen MR) is 99.1 cm³/mol. The van der Waals surface area contributed by atoms with E-state index in [1.165, 1.54) is 7.05 Å². The lowest BCUT2D eigenvalue weighted by atomic mass is 9.77. The topological polar surface area (TPSA) is 76.1 Å². The Morgan fingerprint density at radius 3 is 2.16 bits per heavy atom. The van der Waals surface area contributed by atoms with E-state index >= 15 is 0 Å². The number of likely N-dealkylation sites (N-methyl/N-ethyl adjacent to an activating group) is 1. The van der Waals surface area contributed by atoms with Crippen LogP contribution in [0.25, 0.3) is 0 Å². The number of methoxy groups -OCH3 is 1. The first kappa shape index (κ1) is 21.3. The Kier molecular flexibility index (Phi) is 6.50. The van der Waals surface area contributed by atoms with Crippen molar-refractivity contribution in [1.29, 1.82) is 0 Å². The summed E-state index contributed by atoms with van der Waals surface area (Å²) in [5.74, 6) is -0.461. The van der Waals surface area contributed by atoms with Crippen LogP contribution < -0.4 is 4.74 Å². The molecule has 7 heteroatoms. The number of hydrogen-bond donors (Lipinski definition) is 1. The van der Waals surface area contributed by atoms with Crippen LogP contribution in [0.5, 0.6) is 5.75 Å². The van der Waals surface area contributed by atoms with Crippen molar-refractivity contribution in [2.45, 2.75) is 51.7 Å². The molecule has 0 aromatic heterocycles. The fourth-order valence-corrected chi connectivity index (χ4v) is 3.16.